The molecule has 8 heteroatoms. The number of benzene rings is 1. The van der Waals surface area contributed by atoms with E-state index in [1.165, 1.54) is 18.3 Å². The van der Waals surface area contributed by atoms with E-state index >= 15 is 0 Å². The Hall–Kier alpha value is -3.55. The number of nitrogens with one attached hydrogen (secondary N) is 1. The fraction of sp³-hybridized carbons (Fsp3) is 0.304. The van der Waals surface area contributed by atoms with E-state index in [0.29, 0.717) is 30.0 Å². The van der Waals surface area contributed by atoms with Crippen LogP contribution in [0.1, 0.15) is 47.3 Å². The molecule has 3 aromatic heterocycles. The van der Waals surface area contributed by atoms with Crippen molar-refractivity contribution in [2.24, 2.45) is 0 Å². The number of amides is 1. The molecule has 1 aliphatic rings. The summed E-state index contributed by atoms with van der Waals surface area (Å²) < 4.78 is 17.1. The SMILES string of the molecule is CCc1nc2cc(F)ccn2c1C(=O)NCc1ccc(-c2nc3n(n2)CCCC3)cc1. The average Bonchev–Trinajstić information content (AvgIpc) is 3.38. The predicted octanol–water partition coefficient (Wildman–Crippen LogP) is 3.56. The number of imidazole rings is 1. The number of aromatic nitrogens is 5. The van der Waals surface area contributed by atoms with Crippen LogP contribution in [0.2, 0.25) is 0 Å². The largest absolute Gasteiger partial charge is 0.347 e. The molecule has 1 N–H and O–H groups in total. The topological polar surface area (TPSA) is 77.1 Å². The lowest BCUT2D eigenvalue weighted by atomic mass is 10.1. The molecule has 31 heavy (non-hydrogen) atoms. The van der Waals surface area contributed by atoms with Crippen molar-refractivity contribution in [3.05, 3.63) is 71.2 Å². The van der Waals surface area contributed by atoms with Crippen LogP contribution in [-0.4, -0.2) is 30.1 Å². The summed E-state index contributed by atoms with van der Waals surface area (Å²) in [6.07, 6.45) is 5.42. The molecule has 158 valence electrons. The minimum absolute atomic E-state index is 0.233. The van der Waals surface area contributed by atoms with Crippen LogP contribution in [0.4, 0.5) is 4.39 Å². The molecular formula is C23H23FN6O. The molecule has 1 aromatic carbocycles. The van der Waals surface area contributed by atoms with Gasteiger partial charge in [-0.2, -0.15) is 5.10 Å². The molecule has 5 rings (SSSR count). The van der Waals surface area contributed by atoms with E-state index in [1.807, 2.05) is 35.9 Å². The Kier molecular flexibility index (Phi) is 4.97. The molecular weight excluding hydrogens is 395 g/mol. The van der Waals surface area contributed by atoms with Gasteiger partial charge in [-0.15, -0.1) is 0 Å². The van der Waals surface area contributed by atoms with Crippen LogP contribution in [0.5, 0.6) is 0 Å². The number of aryl methyl sites for hydroxylation is 3. The van der Waals surface area contributed by atoms with Crippen molar-refractivity contribution in [2.75, 3.05) is 0 Å². The van der Waals surface area contributed by atoms with E-state index in [-0.39, 0.29) is 11.7 Å². The number of hydrogen-bond acceptors (Lipinski definition) is 4. The number of halogens is 1. The normalized spacial score (nSPS) is 13.4. The lowest BCUT2D eigenvalue weighted by molar-refractivity contribution is 0.0944. The summed E-state index contributed by atoms with van der Waals surface area (Å²) in [6, 6.07) is 10.6. The van der Waals surface area contributed by atoms with E-state index < -0.39 is 0 Å². The number of hydrogen-bond donors (Lipinski definition) is 1. The number of carbonyl (C=O) groups excluding carboxylic acids is 1. The Morgan fingerprint density at radius 2 is 2.00 bits per heavy atom. The third kappa shape index (κ3) is 3.69. The summed E-state index contributed by atoms with van der Waals surface area (Å²) in [6.45, 7) is 3.24. The van der Waals surface area contributed by atoms with E-state index in [4.69, 9.17) is 0 Å². The van der Waals surface area contributed by atoms with Crippen molar-refractivity contribution < 1.29 is 9.18 Å². The number of carbonyl (C=O) groups is 1. The van der Waals surface area contributed by atoms with E-state index in [1.54, 1.807) is 4.40 Å². The number of nitrogens with zero attached hydrogens (tertiary/aromatic N) is 5. The standard InChI is InChI=1S/C23H23FN6O/c1-2-18-21(29-12-10-17(24)13-20(29)26-18)23(31)25-14-15-6-8-16(9-7-15)22-27-19-5-3-4-11-30(19)28-22/h6-10,12-13H,2-5,11,14H2,1H3,(H,25,31). The minimum atomic E-state index is -0.375. The Labute approximate surface area is 179 Å². The maximum Gasteiger partial charge on any atom is 0.270 e. The molecule has 7 nitrogen and oxygen atoms in total. The van der Waals surface area contributed by atoms with Gasteiger partial charge in [-0.05, 0) is 30.9 Å². The molecule has 0 saturated heterocycles. The van der Waals surface area contributed by atoms with Crippen LogP contribution in [0.25, 0.3) is 17.0 Å². The quantitative estimate of drug-likeness (QED) is 0.538. The number of pyridine rings is 1. The average molecular weight is 418 g/mol. The first-order chi connectivity index (χ1) is 15.1. The molecule has 0 atom stereocenters. The first-order valence-corrected chi connectivity index (χ1v) is 10.6. The summed E-state index contributed by atoms with van der Waals surface area (Å²) in [7, 11) is 0. The van der Waals surface area contributed by atoms with Gasteiger partial charge < -0.3 is 5.32 Å². The van der Waals surface area contributed by atoms with E-state index in [0.717, 1.165) is 48.6 Å². The van der Waals surface area contributed by atoms with Crippen molar-refractivity contribution in [3.8, 4) is 11.4 Å². The van der Waals surface area contributed by atoms with Gasteiger partial charge in [0.2, 0.25) is 0 Å². The van der Waals surface area contributed by atoms with Crippen LogP contribution in [0.15, 0.2) is 42.6 Å². The molecule has 0 aliphatic carbocycles. The van der Waals surface area contributed by atoms with Crippen molar-refractivity contribution in [1.82, 2.24) is 29.5 Å². The van der Waals surface area contributed by atoms with Crippen LogP contribution in [0, 0.1) is 5.82 Å². The lowest BCUT2D eigenvalue weighted by Crippen LogP contribution is -2.25. The summed E-state index contributed by atoms with van der Waals surface area (Å²) >= 11 is 0. The Morgan fingerprint density at radius 3 is 2.77 bits per heavy atom. The highest BCUT2D eigenvalue weighted by Crippen LogP contribution is 2.20. The van der Waals surface area contributed by atoms with Crippen molar-refractivity contribution in [3.63, 3.8) is 0 Å². The van der Waals surface area contributed by atoms with Crippen molar-refractivity contribution in [1.29, 1.82) is 0 Å². The van der Waals surface area contributed by atoms with Crippen LogP contribution < -0.4 is 5.32 Å². The highest BCUT2D eigenvalue weighted by atomic mass is 19.1. The monoisotopic (exact) mass is 418 g/mol. The summed E-state index contributed by atoms with van der Waals surface area (Å²) in [5.74, 6) is 1.19. The third-order valence-electron chi connectivity index (χ3n) is 5.64. The van der Waals surface area contributed by atoms with Gasteiger partial charge >= 0.3 is 0 Å². The fourth-order valence-corrected chi connectivity index (χ4v) is 4.00. The minimum Gasteiger partial charge on any atom is -0.347 e. The van der Waals surface area contributed by atoms with E-state index in [9.17, 15) is 9.18 Å². The maximum absolute atomic E-state index is 13.5. The van der Waals surface area contributed by atoms with Gasteiger partial charge in [-0.3, -0.25) is 9.20 Å². The summed E-state index contributed by atoms with van der Waals surface area (Å²) in [4.78, 5) is 21.9. The van der Waals surface area contributed by atoms with Crippen molar-refractivity contribution in [2.45, 2.75) is 45.7 Å². The molecule has 0 saturated carbocycles. The second kappa shape index (κ2) is 7.94. The van der Waals surface area contributed by atoms with Gasteiger partial charge in [0.25, 0.3) is 5.91 Å². The van der Waals surface area contributed by atoms with Gasteiger partial charge in [0.15, 0.2) is 5.82 Å². The zero-order valence-corrected chi connectivity index (χ0v) is 17.3. The first-order valence-electron chi connectivity index (χ1n) is 10.6. The molecule has 1 aliphatic heterocycles. The van der Waals surface area contributed by atoms with Gasteiger partial charge in [0, 0.05) is 37.3 Å². The van der Waals surface area contributed by atoms with Gasteiger partial charge in [-0.25, -0.2) is 19.0 Å². The maximum atomic E-state index is 13.5. The fourth-order valence-electron chi connectivity index (χ4n) is 4.00. The Balaban J connectivity index is 1.31. The van der Waals surface area contributed by atoms with Gasteiger partial charge in [-0.1, -0.05) is 31.2 Å². The summed E-state index contributed by atoms with van der Waals surface area (Å²) in [5, 5.41) is 7.57. The van der Waals surface area contributed by atoms with Crippen LogP contribution in [-0.2, 0) is 25.9 Å². The highest BCUT2D eigenvalue weighted by Gasteiger charge is 2.19. The number of rotatable bonds is 5. The molecule has 0 fully saturated rings. The lowest BCUT2D eigenvalue weighted by Gasteiger charge is -2.09. The smallest absolute Gasteiger partial charge is 0.270 e. The van der Waals surface area contributed by atoms with Crippen LogP contribution in [0.3, 0.4) is 0 Å². The van der Waals surface area contributed by atoms with Gasteiger partial charge in [0.05, 0.1) is 5.69 Å². The van der Waals surface area contributed by atoms with Crippen LogP contribution >= 0.6 is 0 Å². The second-order valence-electron chi connectivity index (χ2n) is 7.75. The first kappa shape index (κ1) is 19.4. The zero-order chi connectivity index (χ0) is 21.4. The summed E-state index contributed by atoms with van der Waals surface area (Å²) in [5.41, 5.74) is 3.46. The molecule has 4 heterocycles. The molecule has 0 spiro atoms. The molecule has 1 amide bonds. The Bertz CT molecular complexity index is 1230. The number of fused-ring (bicyclic) bond motifs is 2. The third-order valence-corrected chi connectivity index (χ3v) is 5.64. The van der Waals surface area contributed by atoms with Gasteiger partial charge in [0.1, 0.15) is 23.0 Å². The van der Waals surface area contributed by atoms with E-state index in [2.05, 4.69) is 20.4 Å². The van der Waals surface area contributed by atoms with Crippen molar-refractivity contribution >= 4 is 11.6 Å². The molecule has 0 bridgehead atoms. The predicted molar refractivity (Wildman–Crippen MR) is 114 cm³/mol. The Morgan fingerprint density at radius 1 is 1.16 bits per heavy atom. The molecule has 4 aromatic rings. The zero-order valence-electron chi connectivity index (χ0n) is 17.3. The molecule has 0 radical (unpaired) electrons. The highest BCUT2D eigenvalue weighted by molar-refractivity contribution is 5.94. The molecule has 0 unspecified atom stereocenters. The second-order valence-corrected chi connectivity index (χ2v) is 7.75.